The number of ketones is 1. The predicted molar refractivity (Wildman–Crippen MR) is 117 cm³/mol. The summed E-state index contributed by atoms with van der Waals surface area (Å²) in [5, 5.41) is 2.53. The molecule has 166 valence electrons. The van der Waals surface area contributed by atoms with E-state index in [1.165, 1.54) is 27.8 Å². The molecule has 1 saturated heterocycles. The first kappa shape index (κ1) is 23.1. The Balaban J connectivity index is 1.47. The molecule has 10 heteroatoms. The Morgan fingerprint density at radius 1 is 1.10 bits per heavy atom. The average molecular weight is 465 g/mol. The van der Waals surface area contributed by atoms with Crippen LogP contribution in [0.15, 0.2) is 41.3 Å². The summed E-state index contributed by atoms with van der Waals surface area (Å²) in [4.78, 5) is 37.6. The van der Waals surface area contributed by atoms with E-state index >= 15 is 0 Å². The molecule has 1 N–H and O–H groups in total. The number of hydrogen-bond acceptors (Lipinski definition) is 7. The second-order valence-electron chi connectivity index (χ2n) is 7.18. The highest BCUT2D eigenvalue weighted by Crippen LogP contribution is 2.23. The number of Topliss-reactive ketones (excluding diaryl/α,β-unsaturated/α-hetero) is 1. The van der Waals surface area contributed by atoms with Crippen LogP contribution in [-0.2, 0) is 24.3 Å². The van der Waals surface area contributed by atoms with Crippen LogP contribution in [0.1, 0.15) is 40.2 Å². The molecule has 1 aliphatic rings. The predicted octanol–water partition coefficient (Wildman–Crippen LogP) is 2.99. The van der Waals surface area contributed by atoms with E-state index in [4.69, 9.17) is 4.74 Å². The molecule has 2 aromatic rings. The number of rotatable bonds is 9. The quantitative estimate of drug-likeness (QED) is 0.451. The third-order valence-electron chi connectivity index (χ3n) is 4.76. The monoisotopic (exact) mass is 464 g/mol. The zero-order valence-corrected chi connectivity index (χ0v) is 18.8. The van der Waals surface area contributed by atoms with Gasteiger partial charge in [-0.3, -0.25) is 14.4 Å². The topological polar surface area (TPSA) is 110 Å². The lowest BCUT2D eigenvalue weighted by Gasteiger charge is -2.16. The van der Waals surface area contributed by atoms with Crippen LogP contribution in [0.25, 0.3) is 0 Å². The Bertz CT molecular complexity index is 1070. The Morgan fingerprint density at radius 3 is 2.52 bits per heavy atom. The second kappa shape index (κ2) is 10.2. The molecule has 0 saturated carbocycles. The molecule has 1 fully saturated rings. The number of carbonyl (C=O) groups excluding carboxylic acids is 3. The fourth-order valence-corrected chi connectivity index (χ4v) is 5.55. The second-order valence-corrected chi connectivity index (χ2v) is 10.4. The average Bonchev–Trinajstić information content (AvgIpc) is 3.43. The Morgan fingerprint density at radius 2 is 1.84 bits per heavy atom. The van der Waals surface area contributed by atoms with Gasteiger partial charge in [0.25, 0.3) is 5.91 Å². The Hall–Kier alpha value is -2.56. The van der Waals surface area contributed by atoms with Gasteiger partial charge in [0.15, 0.2) is 12.4 Å². The van der Waals surface area contributed by atoms with Gasteiger partial charge in [-0.25, -0.2) is 8.42 Å². The van der Waals surface area contributed by atoms with Crippen LogP contribution < -0.4 is 5.32 Å². The minimum atomic E-state index is -3.59. The first-order valence-electron chi connectivity index (χ1n) is 9.91. The van der Waals surface area contributed by atoms with Crippen molar-refractivity contribution in [1.29, 1.82) is 0 Å². The number of sulfonamides is 1. The molecule has 3 rings (SSSR count). The zero-order valence-electron chi connectivity index (χ0n) is 17.1. The van der Waals surface area contributed by atoms with Crippen LogP contribution >= 0.6 is 11.3 Å². The molecule has 1 aromatic carbocycles. The molecule has 31 heavy (non-hydrogen) atoms. The van der Waals surface area contributed by atoms with Gasteiger partial charge in [-0.2, -0.15) is 4.31 Å². The highest BCUT2D eigenvalue weighted by molar-refractivity contribution is 7.89. The molecule has 1 aromatic heterocycles. The van der Waals surface area contributed by atoms with E-state index in [2.05, 4.69) is 5.32 Å². The number of nitrogens with zero attached hydrogens (tertiary/aromatic N) is 1. The number of nitrogens with one attached hydrogen (secondary N) is 1. The van der Waals surface area contributed by atoms with Crippen LogP contribution in [0.3, 0.4) is 0 Å². The van der Waals surface area contributed by atoms with Crippen molar-refractivity contribution in [2.45, 2.75) is 37.5 Å². The maximum absolute atomic E-state index is 12.6. The maximum atomic E-state index is 12.6. The number of esters is 1. The molecule has 0 unspecified atom stereocenters. The molecule has 0 spiro atoms. The number of amides is 1. The van der Waals surface area contributed by atoms with E-state index in [9.17, 15) is 22.8 Å². The molecule has 0 aliphatic carbocycles. The fraction of sp³-hybridized carbons (Fsp3) is 0.381. The van der Waals surface area contributed by atoms with Crippen molar-refractivity contribution in [2.24, 2.45) is 0 Å². The number of carbonyl (C=O) groups is 3. The molecule has 0 radical (unpaired) electrons. The van der Waals surface area contributed by atoms with Gasteiger partial charge in [-0.15, -0.1) is 11.3 Å². The highest BCUT2D eigenvalue weighted by Gasteiger charge is 2.27. The summed E-state index contributed by atoms with van der Waals surface area (Å²) in [6, 6.07) is 9.53. The summed E-state index contributed by atoms with van der Waals surface area (Å²) in [5.41, 5.74) is 0.296. The van der Waals surface area contributed by atoms with E-state index in [1.807, 2.05) is 13.0 Å². The van der Waals surface area contributed by atoms with Gasteiger partial charge in [0.05, 0.1) is 16.2 Å². The SMILES string of the molecule is Cc1ccc(C(=O)CCC(=O)OCC(=O)Nc2cccc(S(=O)(=O)N3CCCC3)c2)s1. The van der Waals surface area contributed by atoms with Crippen LogP contribution in [0.2, 0.25) is 0 Å². The van der Waals surface area contributed by atoms with Gasteiger partial charge in [-0.05, 0) is 50.1 Å². The van der Waals surface area contributed by atoms with E-state index < -0.39 is 28.5 Å². The summed E-state index contributed by atoms with van der Waals surface area (Å²) in [5.74, 6) is -1.39. The largest absolute Gasteiger partial charge is 0.456 e. The van der Waals surface area contributed by atoms with Crippen molar-refractivity contribution in [3.8, 4) is 0 Å². The molecular formula is C21H24N2O6S2. The van der Waals surface area contributed by atoms with E-state index in [1.54, 1.807) is 18.2 Å². The molecule has 1 aliphatic heterocycles. The number of ether oxygens (including phenoxy) is 1. The van der Waals surface area contributed by atoms with Crippen molar-refractivity contribution in [1.82, 2.24) is 4.31 Å². The molecular weight excluding hydrogens is 440 g/mol. The van der Waals surface area contributed by atoms with Crippen LogP contribution in [0, 0.1) is 6.92 Å². The van der Waals surface area contributed by atoms with Crippen molar-refractivity contribution < 1.29 is 27.5 Å². The van der Waals surface area contributed by atoms with Gasteiger partial charge < -0.3 is 10.1 Å². The highest BCUT2D eigenvalue weighted by atomic mass is 32.2. The van der Waals surface area contributed by atoms with Crippen molar-refractivity contribution in [2.75, 3.05) is 25.0 Å². The lowest BCUT2D eigenvalue weighted by atomic mass is 10.2. The summed E-state index contributed by atoms with van der Waals surface area (Å²) in [6.07, 6.45) is 1.56. The van der Waals surface area contributed by atoms with E-state index in [0.29, 0.717) is 23.7 Å². The normalized spacial score (nSPS) is 14.4. The molecule has 8 nitrogen and oxygen atoms in total. The Labute approximate surface area is 185 Å². The molecule has 0 bridgehead atoms. The summed E-state index contributed by atoms with van der Waals surface area (Å²) < 4.78 is 31.6. The van der Waals surface area contributed by atoms with Gasteiger partial charge in [0.2, 0.25) is 10.0 Å². The summed E-state index contributed by atoms with van der Waals surface area (Å²) in [7, 11) is -3.59. The van der Waals surface area contributed by atoms with Gasteiger partial charge in [0.1, 0.15) is 0 Å². The number of thiophene rings is 1. The molecule has 1 amide bonds. The lowest BCUT2D eigenvalue weighted by Crippen LogP contribution is -2.28. The van der Waals surface area contributed by atoms with E-state index in [-0.39, 0.29) is 23.5 Å². The van der Waals surface area contributed by atoms with Crippen LogP contribution in [0.5, 0.6) is 0 Å². The van der Waals surface area contributed by atoms with Gasteiger partial charge in [-0.1, -0.05) is 6.07 Å². The number of benzene rings is 1. The first-order valence-corrected chi connectivity index (χ1v) is 12.2. The Kier molecular flexibility index (Phi) is 7.58. The number of aryl methyl sites for hydroxylation is 1. The van der Waals surface area contributed by atoms with Gasteiger partial charge >= 0.3 is 5.97 Å². The van der Waals surface area contributed by atoms with Crippen molar-refractivity contribution in [3.63, 3.8) is 0 Å². The fourth-order valence-electron chi connectivity index (χ4n) is 3.15. The summed E-state index contributed by atoms with van der Waals surface area (Å²) >= 11 is 1.37. The van der Waals surface area contributed by atoms with Crippen LogP contribution in [0.4, 0.5) is 5.69 Å². The maximum Gasteiger partial charge on any atom is 0.306 e. The zero-order chi connectivity index (χ0) is 22.4. The van der Waals surface area contributed by atoms with Crippen molar-refractivity contribution in [3.05, 3.63) is 46.2 Å². The number of hydrogen-bond donors (Lipinski definition) is 1. The minimum Gasteiger partial charge on any atom is -0.456 e. The molecule has 2 heterocycles. The van der Waals surface area contributed by atoms with Gasteiger partial charge in [0, 0.05) is 30.1 Å². The van der Waals surface area contributed by atoms with Crippen LogP contribution in [-0.4, -0.2) is 50.1 Å². The smallest absolute Gasteiger partial charge is 0.306 e. The third kappa shape index (κ3) is 6.22. The minimum absolute atomic E-state index is 0.0107. The number of anilines is 1. The summed E-state index contributed by atoms with van der Waals surface area (Å²) in [6.45, 7) is 2.35. The molecule has 0 atom stereocenters. The third-order valence-corrected chi connectivity index (χ3v) is 7.69. The lowest BCUT2D eigenvalue weighted by molar-refractivity contribution is -0.147. The van der Waals surface area contributed by atoms with Crippen molar-refractivity contribution >= 4 is 44.7 Å². The van der Waals surface area contributed by atoms with E-state index in [0.717, 1.165) is 17.7 Å². The first-order chi connectivity index (χ1) is 14.8. The standard InChI is InChI=1S/C21H24N2O6S2/c1-15-7-9-19(30-15)18(24)8-10-21(26)29-14-20(25)22-16-5-4-6-17(13-16)31(27,28)23-11-2-3-12-23/h4-7,9,13H,2-3,8,10-12,14H2,1H3,(H,22,25).